The molecule has 108 valence electrons. The molecule has 4 nitrogen and oxygen atoms in total. The van der Waals surface area contributed by atoms with E-state index in [2.05, 4.69) is 0 Å². The Balaban J connectivity index is 2.00. The Labute approximate surface area is 123 Å². The first-order valence-electron chi connectivity index (χ1n) is 7.18. The highest BCUT2D eigenvalue weighted by Crippen LogP contribution is 2.35. The van der Waals surface area contributed by atoms with Gasteiger partial charge in [0.15, 0.2) is 0 Å². The molecular weight excluding hydrogens is 266 g/mol. The van der Waals surface area contributed by atoms with Crippen molar-refractivity contribution in [2.24, 2.45) is 5.92 Å². The van der Waals surface area contributed by atoms with Gasteiger partial charge in [0.05, 0.1) is 12.1 Å². The lowest BCUT2D eigenvalue weighted by molar-refractivity contribution is -0.136. The molecule has 1 N–H and O–H groups in total. The maximum absolute atomic E-state index is 12.5. The zero-order valence-electron chi connectivity index (χ0n) is 11.7. The summed E-state index contributed by atoms with van der Waals surface area (Å²) in [5.41, 5.74) is 0.811. The number of carboxylic acids is 1. The molecule has 0 aliphatic heterocycles. The lowest BCUT2D eigenvalue weighted by atomic mass is 10.1. The van der Waals surface area contributed by atoms with Gasteiger partial charge in [0, 0.05) is 17.8 Å². The van der Waals surface area contributed by atoms with Crippen LogP contribution < -0.4 is 4.90 Å². The molecule has 0 saturated heterocycles. The average Bonchev–Trinajstić information content (AvgIpc) is 3.31. The van der Waals surface area contributed by atoms with Gasteiger partial charge in [-0.2, -0.15) is 0 Å². The predicted molar refractivity (Wildman–Crippen MR) is 81.3 cm³/mol. The van der Waals surface area contributed by atoms with Gasteiger partial charge in [-0.15, -0.1) is 0 Å². The fraction of sp³-hybridized carbons (Fsp3) is 0.294. The summed E-state index contributed by atoms with van der Waals surface area (Å²) in [4.78, 5) is 25.0. The molecule has 4 heteroatoms. The van der Waals surface area contributed by atoms with Crippen molar-refractivity contribution in [3.8, 4) is 0 Å². The Morgan fingerprint density at radius 3 is 2.52 bits per heavy atom. The number of hydrogen-bond acceptors (Lipinski definition) is 2. The van der Waals surface area contributed by atoms with E-state index in [4.69, 9.17) is 5.11 Å². The van der Waals surface area contributed by atoms with E-state index in [-0.39, 0.29) is 24.8 Å². The molecule has 0 spiro atoms. The summed E-state index contributed by atoms with van der Waals surface area (Å²) in [7, 11) is 0. The third-order valence-electron chi connectivity index (χ3n) is 3.80. The largest absolute Gasteiger partial charge is 0.481 e. The number of rotatable bonds is 5. The van der Waals surface area contributed by atoms with Gasteiger partial charge >= 0.3 is 5.97 Å². The predicted octanol–water partition coefficient (Wildman–Crippen LogP) is 3.06. The summed E-state index contributed by atoms with van der Waals surface area (Å²) in [5, 5.41) is 11.0. The standard InChI is InChI=1S/C17H17NO3/c19-16(20)10-11-18(17(21)13-8-9-13)15-7-3-5-12-4-1-2-6-14(12)15/h1-7,13H,8-11H2,(H,19,20). The van der Waals surface area contributed by atoms with Gasteiger partial charge in [0.25, 0.3) is 0 Å². The minimum atomic E-state index is -0.885. The van der Waals surface area contributed by atoms with Gasteiger partial charge in [-0.1, -0.05) is 36.4 Å². The minimum absolute atomic E-state index is 0.0400. The number of carbonyl (C=O) groups is 2. The maximum atomic E-state index is 12.5. The first-order valence-corrected chi connectivity index (χ1v) is 7.18. The summed E-state index contributed by atoms with van der Waals surface area (Å²) < 4.78 is 0. The Bertz CT molecular complexity index is 686. The first kappa shape index (κ1) is 13.6. The Morgan fingerprint density at radius 2 is 1.81 bits per heavy atom. The normalized spacial score (nSPS) is 14.1. The van der Waals surface area contributed by atoms with E-state index in [1.54, 1.807) is 4.90 Å². The number of nitrogens with zero attached hydrogens (tertiary/aromatic N) is 1. The van der Waals surface area contributed by atoms with Crippen LogP contribution >= 0.6 is 0 Å². The second-order valence-electron chi connectivity index (χ2n) is 5.41. The van der Waals surface area contributed by atoms with E-state index in [9.17, 15) is 9.59 Å². The van der Waals surface area contributed by atoms with E-state index < -0.39 is 5.97 Å². The van der Waals surface area contributed by atoms with Gasteiger partial charge in [0.2, 0.25) is 5.91 Å². The van der Waals surface area contributed by atoms with Gasteiger partial charge in [-0.3, -0.25) is 9.59 Å². The molecule has 1 fully saturated rings. The van der Waals surface area contributed by atoms with E-state index in [1.807, 2.05) is 42.5 Å². The van der Waals surface area contributed by atoms with Crippen LogP contribution in [0.5, 0.6) is 0 Å². The molecule has 0 radical (unpaired) electrons. The summed E-state index contributed by atoms with van der Waals surface area (Å²) >= 11 is 0. The summed E-state index contributed by atoms with van der Waals surface area (Å²) in [6, 6.07) is 13.7. The van der Waals surface area contributed by atoms with E-state index in [0.717, 1.165) is 29.3 Å². The van der Waals surface area contributed by atoms with Crippen LogP contribution in [0.1, 0.15) is 19.3 Å². The van der Waals surface area contributed by atoms with E-state index in [1.165, 1.54) is 0 Å². The van der Waals surface area contributed by atoms with E-state index in [0.29, 0.717) is 0 Å². The molecular formula is C17H17NO3. The topological polar surface area (TPSA) is 57.6 Å². The van der Waals surface area contributed by atoms with Crippen LogP contribution in [0.4, 0.5) is 5.69 Å². The molecule has 0 unspecified atom stereocenters. The molecule has 1 amide bonds. The number of hydrogen-bond donors (Lipinski definition) is 1. The molecule has 21 heavy (non-hydrogen) atoms. The zero-order chi connectivity index (χ0) is 14.8. The Kier molecular flexibility index (Phi) is 3.60. The van der Waals surface area contributed by atoms with E-state index >= 15 is 0 Å². The molecule has 0 heterocycles. The number of fused-ring (bicyclic) bond motifs is 1. The van der Waals surface area contributed by atoms with Crippen molar-refractivity contribution in [2.75, 3.05) is 11.4 Å². The lowest BCUT2D eigenvalue weighted by Crippen LogP contribution is -2.34. The number of anilines is 1. The lowest BCUT2D eigenvalue weighted by Gasteiger charge is -2.24. The van der Waals surface area contributed by atoms with Crippen molar-refractivity contribution in [2.45, 2.75) is 19.3 Å². The van der Waals surface area contributed by atoms with Gasteiger partial charge in [-0.05, 0) is 24.3 Å². The van der Waals surface area contributed by atoms with Crippen LogP contribution in [0.2, 0.25) is 0 Å². The SMILES string of the molecule is O=C(O)CCN(C(=O)C1CC1)c1cccc2ccccc12. The number of aliphatic carboxylic acids is 1. The second kappa shape index (κ2) is 5.56. The smallest absolute Gasteiger partial charge is 0.305 e. The zero-order valence-corrected chi connectivity index (χ0v) is 11.7. The number of carbonyl (C=O) groups excluding carboxylic acids is 1. The minimum Gasteiger partial charge on any atom is -0.481 e. The monoisotopic (exact) mass is 283 g/mol. The number of amides is 1. The quantitative estimate of drug-likeness (QED) is 0.917. The second-order valence-corrected chi connectivity index (χ2v) is 5.41. The molecule has 1 saturated carbocycles. The molecule has 0 atom stereocenters. The van der Waals surface area contributed by atoms with Crippen molar-refractivity contribution in [1.29, 1.82) is 0 Å². The maximum Gasteiger partial charge on any atom is 0.305 e. The summed E-state index contributed by atoms with van der Waals surface area (Å²) in [6.45, 7) is 0.221. The molecule has 3 rings (SSSR count). The van der Waals surface area contributed by atoms with Gasteiger partial charge in [0.1, 0.15) is 0 Å². The van der Waals surface area contributed by atoms with Crippen molar-refractivity contribution >= 4 is 28.3 Å². The number of carboxylic acid groups (broad SMARTS) is 1. The fourth-order valence-corrected chi connectivity index (χ4v) is 2.55. The van der Waals surface area contributed by atoms with Crippen LogP contribution in [-0.4, -0.2) is 23.5 Å². The van der Waals surface area contributed by atoms with Crippen LogP contribution in [0, 0.1) is 5.92 Å². The van der Waals surface area contributed by atoms with Crippen molar-refractivity contribution in [3.05, 3.63) is 42.5 Å². The molecule has 1 aliphatic carbocycles. The molecule has 2 aromatic rings. The van der Waals surface area contributed by atoms with Crippen molar-refractivity contribution < 1.29 is 14.7 Å². The number of benzene rings is 2. The van der Waals surface area contributed by atoms with Crippen LogP contribution in [0.25, 0.3) is 10.8 Å². The third kappa shape index (κ3) is 2.89. The molecule has 0 aromatic heterocycles. The van der Waals surface area contributed by atoms with Gasteiger partial charge in [-0.25, -0.2) is 0 Å². The summed E-state index contributed by atoms with van der Waals surface area (Å²) in [5.74, 6) is -0.769. The molecule has 0 bridgehead atoms. The Morgan fingerprint density at radius 1 is 1.10 bits per heavy atom. The highest BCUT2D eigenvalue weighted by molar-refractivity contribution is 6.05. The van der Waals surface area contributed by atoms with Gasteiger partial charge < -0.3 is 10.0 Å². The molecule has 1 aliphatic rings. The highest BCUT2D eigenvalue weighted by Gasteiger charge is 2.34. The fourth-order valence-electron chi connectivity index (χ4n) is 2.55. The van der Waals surface area contributed by atoms with Crippen molar-refractivity contribution in [3.63, 3.8) is 0 Å². The molecule has 2 aromatic carbocycles. The highest BCUT2D eigenvalue weighted by atomic mass is 16.4. The van der Waals surface area contributed by atoms with Crippen LogP contribution in [0.3, 0.4) is 0 Å². The van der Waals surface area contributed by atoms with Crippen molar-refractivity contribution in [1.82, 2.24) is 0 Å². The first-order chi connectivity index (χ1) is 10.2. The Hall–Kier alpha value is -2.36. The third-order valence-corrected chi connectivity index (χ3v) is 3.80. The van der Waals surface area contributed by atoms with Crippen LogP contribution in [0.15, 0.2) is 42.5 Å². The van der Waals surface area contributed by atoms with Crippen LogP contribution in [-0.2, 0) is 9.59 Å². The summed E-state index contributed by atoms with van der Waals surface area (Å²) in [6.07, 6.45) is 1.78. The average molecular weight is 283 g/mol.